The number of nitrogens with zero attached hydrogens (tertiary/aromatic N) is 4. The van der Waals surface area contributed by atoms with Gasteiger partial charge < -0.3 is 15.1 Å². The van der Waals surface area contributed by atoms with E-state index in [0.29, 0.717) is 0 Å². The molecule has 1 aliphatic rings. The Bertz CT molecular complexity index is 1180. The summed E-state index contributed by atoms with van der Waals surface area (Å²) in [5.41, 5.74) is 7.16. The summed E-state index contributed by atoms with van der Waals surface area (Å²) in [5.74, 6) is 0.229. The number of nitrogens with one attached hydrogen (secondary N) is 2. The van der Waals surface area contributed by atoms with Crippen LogP contribution in [-0.4, -0.2) is 47.8 Å². The van der Waals surface area contributed by atoms with Gasteiger partial charge >= 0.3 is 0 Å². The number of carbonyl (C=O) groups is 1. The molecule has 156 valence electrons. The number of H-pyrrole nitrogens is 2. The van der Waals surface area contributed by atoms with Gasteiger partial charge in [0.2, 0.25) is 0 Å². The van der Waals surface area contributed by atoms with Gasteiger partial charge in [-0.1, -0.05) is 11.6 Å². The number of rotatable bonds is 3. The first-order valence-corrected chi connectivity index (χ1v) is 9.95. The van der Waals surface area contributed by atoms with E-state index in [-0.39, 0.29) is 12.4 Å². The molecule has 0 saturated heterocycles. The second-order valence-electron chi connectivity index (χ2n) is 7.46. The van der Waals surface area contributed by atoms with Gasteiger partial charge in [-0.25, -0.2) is 4.98 Å². The fourth-order valence-electron chi connectivity index (χ4n) is 4.13. The average Bonchev–Trinajstić information content (AvgIpc) is 3.43. The first kappa shape index (κ1) is 20.2. The summed E-state index contributed by atoms with van der Waals surface area (Å²) in [4.78, 5) is 22.3. The molecule has 30 heavy (non-hydrogen) atoms. The highest BCUT2D eigenvalue weighted by Crippen LogP contribution is 2.33. The maximum absolute atomic E-state index is 8.36. The number of carboxylic acid groups (broad SMARTS) is 1. The van der Waals surface area contributed by atoms with Crippen LogP contribution in [0.15, 0.2) is 36.9 Å². The number of fused-ring (bicyclic) bond motifs is 2. The minimum Gasteiger partial charge on any atom is -0.483 e. The van der Waals surface area contributed by atoms with Crippen LogP contribution in [0.1, 0.15) is 34.1 Å². The van der Waals surface area contributed by atoms with E-state index in [0.717, 1.165) is 35.9 Å². The number of halogens is 1. The molecule has 3 N–H and O–H groups in total. The van der Waals surface area contributed by atoms with Crippen LogP contribution < -0.4 is 0 Å². The fraction of sp³-hybridized carbons (Fsp3) is 0.286. The van der Waals surface area contributed by atoms with Gasteiger partial charge in [0.15, 0.2) is 0 Å². The van der Waals surface area contributed by atoms with Gasteiger partial charge in [-0.15, -0.1) is 0 Å². The minimum atomic E-state index is -0.250. The molecule has 3 aromatic heterocycles. The monoisotopic (exact) mass is 426 g/mol. The molecular formula is C21H23ClN6O2. The van der Waals surface area contributed by atoms with Crippen LogP contribution in [0.25, 0.3) is 10.9 Å². The van der Waals surface area contributed by atoms with Gasteiger partial charge in [0, 0.05) is 66.0 Å². The van der Waals surface area contributed by atoms with Gasteiger partial charge in [-0.3, -0.25) is 14.4 Å². The molecule has 4 aromatic rings. The SMILES string of the molecule is Cc1c(CN2Cc3[nH]cnc3C(c3cnn(C)c3)C2)[nH]c2ccc(Cl)cc12.O=CO. The Morgan fingerprint density at radius 1 is 1.40 bits per heavy atom. The second kappa shape index (κ2) is 8.33. The lowest BCUT2D eigenvalue weighted by Gasteiger charge is -2.31. The average molecular weight is 427 g/mol. The second-order valence-corrected chi connectivity index (χ2v) is 7.90. The van der Waals surface area contributed by atoms with Gasteiger partial charge in [-0.05, 0) is 30.7 Å². The lowest BCUT2D eigenvalue weighted by Crippen LogP contribution is -2.34. The standard InChI is InChI=1S/C20H21ClN6.CH2O2/c1-12-15-5-14(21)3-4-17(15)25-18(12)9-27-8-16(13-6-24-26(2)7-13)20-19(10-27)22-11-23-20;2-1-3/h3-7,11,16,25H,8-10H2,1-2H3,(H,22,23);1H,(H,2,3). The van der Waals surface area contributed by atoms with Crippen molar-refractivity contribution in [3.8, 4) is 0 Å². The molecule has 1 aromatic carbocycles. The first-order valence-electron chi connectivity index (χ1n) is 9.57. The first-order chi connectivity index (χ1) is 14.5. The van der Waals surface area contributed by atoms with Crippen molar-refractivity contribution in [3.63, 3.8) is 0 Å². The highest BCUT2D eigenvalue weighted by atomic mass is 35.5. The molecule has 4 heterocycles. The molecule has 0 aliphatic carbocycles. The largest absolute Gasteiger partial charge is 0.483 e. The number of aromatic nitrogens is 5. The summed E-state index contributed by atoms with van der Waals surface area (Å²) in [7, 11) is 1.95. The Balaban J connectivity index is 0.000000687. The lowest BCUT2D eigenvalue weighted by molar-refractivity contribution is -0.122. The Morgan fingerprint density at radius 3 is 2.93 bits per heavy atom. The minimum absolute atomic E-state index is 0.229. The van der Waals surface area contributed by atoms with Gasteiger partial charge in [-0.2, -0.15) is 5.10 Å². The van der Waals surface area contributed by atoms with Crippen LogP contribution in [-0.2, 0) is 24.9 Å². The lowest BCUT2D eigenvalue weighted by atomic mass is 9.93. The molecule has 9 heteroatoms. The van der Waals surface area contributed by atoms with E-state index in [2.05, 4.69) is 44.1 Å². The highest BCUT2D eigenvalue weighted by Gasteiger charge is 2.30. The maximum atomic E-state index is 8.36. The van der Waals surface area contributed by atoms with Crippen molar-refractivity contribution < 1.29 is 9.90 Å². The third-order valence-corrected chi connectivity index (χ3v) is 5.77. The number of aromatic amines is 2. The maximum Gasteiger partial charge on any atom is 0.290 e. The van der Waals surface area contributed by atoms with Gasteiger partial charge in [0.25, 0.3) is 6.47 Å². The van der Waals surface area contributed by atoms with Crippen LogP contribution in [0, 0.1) is 6.92 Å². The predicted molar refractivity (Wildman–Crippen MR) is 114 cm³/mol. The van der Waals surface area contributed by atoms with Crippen molar-refractivity contribution in [3.05, 3.63) is 70.2 Å². The van der Waals surface area contributed by atoms with Crippen molar-refractivity contribution in [1.29, 1.82) is 0 Å². The van der Waals surface area contributed by atoms with Crippen molar-refractivity contribution in [1.82, 2.24) is 29.6 Å². The van der Waals surface area contributed by atoms with Gasteiger partial charge in [0.05, 0.1) is 23.9 Å². The molecule has 0 radical (unpaired) electrons. The molecule has 8 nitrogen and oxygen atoms in total. The molecule has 5 rings (SSSR count). The summed E-state index contributed by atoms with van der Waals surface area (Å²) < 4.78 is 1.85. The summed E-state index contributed by atoms with van der Waals surface area (Å²) >= 11 is 6.18. The summed E-state index contributed by atoms with van der Waals surface area (Å²) in [6, 6.07) is 6.02. The Labute approximate surface area is 178 Å². The molecule has 1 unspecified atom stereocenters. The van der Waals surface area contributed by atoms with E-state index in [1.807, 2.05) is 30.1 Å². The van der Waals surface area contributed by atoms with E-state index in [9.17, 15) is 0 Å². The van der Waals surface area contributed by atoms with Crippen molar-refractivity contribution in [2.24, 2.45) is 7.05 Å². The van der Waals surface area contributed by atoms with E-state index >= 15 is 0 Å². The summed E-state index contributed by atoms with van der Waals surface area (Å²) in [6.07, 6.45) is 5.83. The number of hydrogen-bond acceptors (Lipinski definition) is 4. The van der Waals surface area contributed by atoms with E-state index in [1.54, 1.807) is 6.33 Å². The number of hydrogen-bond donors (Lipinski definition) is 3. The van der Waals surface area contributed by atoms with Crippen LogP contribution in [0.2, 0.25) is 5.02 Å². The van der Waals surface area contributed by atoms with Crippen molar-refractivity contribution >= 4 is 29.0 Å². The molecule has 1 aliphatic heterocycles. The number of aryl methyl sites for hydroxylation is 2. The molecule has 0 fully saturated rings. The number of benzene rings is 1. The van der Waals surface area contributed by atoms with E-state index in [1.165, 1.54) is 27.9 Å². The highest BCUT2D eigenvalue weighted by molar-refractivity contribution is 6.31. The zero-order valence-corrected chi connectivity index (χ0v) is 17.5. The third kappa shape index (κ3) is 3.83. The molecule has 0 bridgehead atoms. The zero-order chi connectivity index (χ0) is 21.3. The predicted octanol–water partition coefficient (Wildman–Crippen LogP) is 3.43. The Morgan fingerprint density at radius 2 is 2.20 bits per heavy atom. The quantitative estimate of drug-likeness (QED) is 0.435. The molecule has 1 atom stereocenters. The van der Waals surface area contributed by atoms with Crippen molar-refractivity contribution in [2.75, 3.05) is 6.54 Å². The molecule has 0 saturated carbocycles. The Hall–Kier alpha value is -3.10. The number of imidazole rings is 1. The van der Waals surface area contributed by atoms with Crippen LogP contribution in [0.3, 0.4) is 0 Å². The van der Waals surface area contributed by atoms with Crippen LogP contribution in [0.5, 0.6) is 0 Å². The fourth-order valence-corrected chi connectivity index (χ4v) is 4.30. The topological polar surface area (TPSA) is 103 Å². The molecule has 0 spiro atoms. The van der Waals surface area contributed by atoms with E-state index in [4.69, 9.17) is 21.5 Å². The summed E-state index contributed by atoms with van der Waals surface area (Å²) in [5, 5.41) is 13.2. The normalized spacial score (nSPS) is 16.2. The molecular weight excluding hydrogens is 404 g/mol. The van der Waals surface area contributed by atoms with E-state index < -0.39 is 0 Å². The Kier molecular flexibility index (Phi) is 5.61. The third-order valence-electron chi connectivity index (χ3n) is 5.54. The smallest absolute Gasteiger partial charge is 0.290 e. The van der Waals surface area contributed by atoms with Crippen LogP contribution >= 0.6 is 11.6 Å². The van der Waals surface area contributed by atoms with Gasteiger partial charge in [0.1, 0.15) is 0 Å². The summed E-state index contributed by atoms with van der Waals surface area (Å²) in [6.45, 7) is 4.54. The molecule has 0 amide bonds. The van der Waals surface area contributed by atoms with Crippen LogP contribution in [0.4, 0.5) is 0 Å². The van der Waals surface area contributed by atoms with Crippen molar-refractivity contribution in [2.45, 2.75) is 25.9 Å². The zero-order valence-electron chi connectivity index (χ0n) is 16.8.